The van der Waals surface area contributed by atoms with Crippen LogP contribution in [0.5, 0.6) is 0 Å². The molecule has 8 heteroatoms. The third kappa shape index (κ3) is 6.88. The van der Waals surface area contributed by atoms with Crippen molar-refractivity contribution in [3.05, 3.63) is 20.8 Å². The topological polar surface area (TPSA) is 56.7 Å². The molecule has 1 saturated carbocycles. The molecule has 0 bridgehead atoms. The van der Waals surface area contributed by atoms with E-state index < -0.39 is 0 Å². The van der Waals surface area contributed by atoms with Gasteiger partial charge in [-0.2, -0.15) is 0 Å². The van der Waals surface area contributed by atoms with E-state index >= 15 is 0 Å². The van der Waals surface area contributed by atoms with Crippen molar-refractivity contribution < 1.29 is 4.79 Å². The van der Waals surface area contributed by atoms with Crippen molar-refractivity contribution in [2.24, 2.45) is 10.9 Å². The molecule has 1 aromatic rings. The third-order valence-electron chi connectivity index (χ3n) is 5.15. The predicted octanol–water partition coefficient (Wildman–Crippen LogP) is 4.36. The van der Waals surface area contributed by atoms with Gasteiger partial charge in [-0.3, -0.25) is 4.79 Å². The van der Waals surface area contributed by atoms with Crippen molar-refractivity contribution in [2.45, 2.75) is 58.0 Å². The van der Waals surface area contributed by atoms with Crippen molar-refractivity contribution in [1.82, 2.24) is 15.5 Å². The predicted molar refractivity (Wildman–Crippen MR) is 127 cm³/mol. The Morgan fingerprint density at radius 3 is 2.78 bits per heavy atom. The van der Waals surface area contributed by atoms with Gasteiger partial charge in [0, 0.05) is 46.3 Å². The lowest BCUT2D eigenvalue weighted by Gasteiger charge is -2.26. The lowest BCUT2D eigenvalue weighted by Crippen LogP contribution is -2.45. The number of halogens is 2. The highest BCUT2D eigenvalue weighted by atomic mass is 127. The van der Waals surface area contributed by atoms with E-state index in [1.807, 2.05) is 0 Å². The summed E-state index contributed by atoms with van der Waals surface area (Å²) in [5.74, 6) is 1.48. The summed E-state index contributed by atoms with van der Waals surface area (Å²) in [5, 5.41) is 8.92. The molecule has 1 amide bonds. The molecule has 1 aliphatic heterocycles. The van der Waals surface area contributed by atoms with Crippen LogP contribution in [0.4, 0.5) is 0 Å². The second-order valence-corrected chi connectivity index (χ2v) is 9.09. The van der Waals surface area contributed by atoms with Crippen LogP contribution in [-0.4, -0.2) is 42.4 Å². The molecule has 1 atom stereocenters. The van der Waals surface area contributed by atoms with Gasteiger partial charge in [0.1, 0.15) is 0 Å². The summed E-state index contributed by atoms with van der Waals surface area (Å²) >= 11 is 5.20. The van der Waals surface area contributed by atoms with Gasteiger partial charge in [0.05, 0.1) is 6.54 Å². The Labute approximate surface area is 191 Å². The van der Waals surface area contributed by atoms with Crippen molar-refractivity contribution in [3.63, 3.8) is 0 Å². The quantitative estimate of drug-likeness (QED) is 0.315. The minimum absolute atomic E-state index is 0. The molecule has 0 spiro atoms. The molecule has 1 aliphatic carbocycles. The van der Waals surface area contributed by atoms with Crippen LogP contribution in [0.3, 0.4) is 0 Å². The number of nitrogens with one attached hydrogen (secondary N) is 2. The maximum absolute atomic E-state index is 12.7. The minimum Gasteiger partial charge on any atom is -0.357 e. The molecule has 5 nitrogen and oxygen atoms in total. The molecular formula is C19H30BrIN4OS. The summed E-state index contributed by atoms with van der Waals surface area (Å²) in [4.78, 5) is 20.7. The number of aliphatic imine (C=N–C) groups is 1. The van der Waals surface area contributed by atoms with Gasteiger partial charge in [0.15, 0.2) is 5.96 Å². The number of hydrogen-bond acceptors (Lipinski definition) is 3. The molecule has 2 fully saturated rings. The molecule has 2 aliphatic rings. The van der Waals surface area contributed by atoms with Crippen LogP contribution in [0, 0.1) is 5.92 Å². The first-order chi connectivity index (χ1) is 12.7. The van der Waals surface area contributed by atoms with Gasteiger partial charge in [-0.25, -0.2) is 4.99 Å². The lowest BCUT2D eigenvalue weighted by atomic mass is 9.88. The Balaban J connectivity index is 0.00000261. The average molecular weight is 569 g/mol. The van der Waals surface area contributed by atoms with Gasteiger partial charge in [0.25, 0.3) is 0 Å². The Kier molecular flexibility index (Phi) is 9.86. The van der Waals surface area contributed by atoms with Crippen LogP contribution in [-0.2, 0) is 11.3 Å². The number of carbonyl (C=O) groups excluding carboxylic acids is 1. The number of amides is 1. The zero-order valence-electron chi connectivity index (χ0n) is 15.9. The zero-order valence-corrected chi connectivity index (χ0v) is 20.6. The molecule has 2 N–H and O–H groups in total. The summed E-state index contributed by atoms with van der Waals surface area (Å²) in [6.07, 6.45) is 6.86. The van der Waals surface area contributed by atoms with Gasteiger partial charge in [-0.15, -0.1) is 35.3 Å². The molecule has 152 valence electrons. The average Bonchev–Trinajstić information content (AvgIpc) is 3.29. The van der Waals surface area contributed by atoms with Crippen LogP contribution >= 0.6 is 51.2 Å². The number of nitrogens with zero attached hydrogens (tertiary/aromatic N) is 2. The van der Waals surface area contributed by atoms with Crippen LogP contribution < -0.4 is 10.6 Å². The third-order valence-corrected chi connectivity index (χ3v) is 6.84. The molecule has 0 aromatic carbocycles. The Morgan fingerprint density at radius 2 is 2.11 bits per heavy atom. The number of likely N-dealkylation sites (tertiary alicyclic amines) is 1. The second-order valence-electron chi connectivity index (χ2n) is 7.18. The number of thiophene rings is 1. The van der Waals surface area contributed by atoms with E-state index in [0.717, 1.165) is 49.3 Å². The molecule has 1 aromatic heterocycles. The summed E-state index contributed by atoms with van der Waals surface area (Å²) in [7, 11) is 0. The van der Waals surface area contributed by atoms with Crippen LogP contribution in [0.2, 0.25) is 0 Å². The molecule has 1 unspecified atom stereocenters. The highest BCUT2D eigenvalue weighted by molar-refractivity contribution is 14.0. The number of hydrogen-bond donors (Lipinski definition) is 2. The van der Waals surface area contributed by atoms with Crippen molar-refractivity contribution in [3.8, 4) is 0 Å². The van der Waals surface area contributed by atoms with E-state index in [4.69, 9.17) is 4.99 Å². The Bertz CT molecular complexity index is 633. The van der Waals surface area contributed by atoms with Gasteiger partial charge in [-0.1, -0.05) is 19.3 Å². The molecule has 3 rings (SSSR count). The molecule has 27 heavy (non-hydrogen) atoms. The van der Waals surface area contributed by atoms with Crippen LogP contribution in [0.1, 0.15) is 50.3 Å². The first-order valence-electron chi connectivity index (χ1n) is 9.72. The van der Waals surface area contributed by atoms with Crippen LogP contribution in [0.15, 0.2) is 20.9 Å². The van der Waals surface area contributed by atoms with E-state index in [2.05, 4.69) is 49.8 Å². The lowest BCUT2D eigenvalue weighted by molar-refractivity contribution is -0.135. The Hall–Kier alpha value is -0.350. The fraction of sp³-hybridized carbons (Fsp3) is 0.684. The van der Waals surface area contributed by atoms with E-state index in [9.17, 15) is 4.79 Å². The highest BCUT2D eigenvalue weighted by Crippen LogP contribution is 2.26. The van der Waals surface area contributed by atoms with E-state index in [1.165, 1.54) is 24.1 Å². The molecule has 0 radical (unpaired) electrons. The number of guanidine groups is 1. The highest BCUT2D eigenvalue weighted by Gasteiger charge is 2.31. The molecule has 2 heterocycles. The standard InChI is InChI=1S/C19H29BrN4OS.HI/c1-2-21-19(22-11-17-10-15(20)13-26-17)23-16-8-9-24(12-16)18(25)14-6-4-3-5-7-14;/h10,13-14,16H,2-9,11-12H2,1H3,(H2,21,22,23);1H. The molecule has 1 saturated heterocycles. The van der Waals surface area contributed by atoms with Crippen molar-refractivity contribution in [1.29, 1.82) is 0 Å². The fourth-order valence-corrected chi connectivity index (χ4v) is 5.17. The summed E-state index contributed by atoms with van der Waals surface area (Å²) in [5.41, 5.74) is 0. The normalized spacial score (nSPS) is 21.0. The van der Waals surface area contributed by atoms with Crippen molar-refractivity contribution in [2.75, 3.05) is 19.6 Å². The maximum Gasteiger partial charge on any atom is 0.225 e. The monoisotopic (exact) mass is 568 g/mol. The zero-order chi connectivity index (χ0) is 18.4. The van der Waals surface area contributed by atoms with Gasteiger partial charge in [-0.05, 0) is 48.2 Å². The first kappa shape index (κ1) is 22.9. The summed E-state index contributed by atoms with van der Waals surface area (Å²) in [6.45, 7) is 5.24. The SMILES string of the molecule is CCNC(=NCc1cc(Br)cs1)NC1CCN(C(=O)C2CCCCC2)C1.I. The molecular weight excluding hydrogens is 539 g/mol. The minimum atomic E-state index is 0. The van der Waals surface area contributed by atoms with E-state index in [0.29, 0.717) is 12.5 Å². The summed E-state index contributed by atoms with van der Waals surface area (Å²) < 4.78 is 1.11. The van der Waals surface area contributed by atoms with Gasteiger partial charge < -0.3 is 15.5 Å². The van der Waals surface area contributed by atoms with E-state index in [1.54, 1.807) is 11.3 Å². The summed E-state index contributed by atoms with van der Waals surface area (Å²) in [6, 6.07) is 2.40. The largest absolute Gasteiger partial charge is 0.357 e. The van der Waals surface area contributed by atoms with Crippen LogP contribution in [0.25, 0.3) is 0 Å². The Morgan fingerprint density at radius 1 is 1.33 bits per heavy atom. The van der Waals surface area contributed by atoms with Crippen molar-refractivity contribution >= 4 is 63.1 Å². The fourth-order valence-electron chi connectivity index (χ4n) is 3.79. The smallest absolute Gasteiger partial charge is 0.225 e. The van der Waals surface area contributed by atoms with Gasteiger partial charge in [0.2, 0.25) is 5.91 Å². The van der Waals surface area contributed by atoms with E-state index in [-0.39, 0.29) is 35.9 Å². The number of carbonyl (C=O) groups is 1. The second kappa shape index (κ2) is 11.6. The van der Waals surface area contributed by atoms with Gasteiger partial charge >= 0.3 is 0 Å². The maximum atomic E-state index is 12.7. The first-order valence-corrected chi connectivity index (χ1v) is 11.4. The number of rotatable bonds is 5.